The van der Waals surface area contributed by atoms with Crippen molar-refractivity contribution in [3.63, 3.8) is 0 Å². The molecule has 0 saturated heterocycles. The molecule has 1 aromatic rings. The normalized spacial score (nSPS) is 30.3. The molecule has 0 aliphatic heterocycles. The Kier molecular flexibility index (Phi) is 4.64. The van der Waals surface area contributed by atoms with Gasteiger partial charge in [-0.2, -0.15) is 0 Å². The van der Waals surface area contributed by atoms with Crippen LogP contribution in [-0.2, 0) is 16.1 Å². The van der Waals surface area contributed by atoms with E-state index in [9.17, 15) is 4.79 Å². The number of hydrogen-bond acceptors (Lipinski definition) is 4. The Labute approximate surface area is 137 Å². The number of aromatic nitrogens is 3. The molecule has 1 aromatic heterocycles. The van der Waals surface area contributed by atoms with Gasteiger partial charge in [0.25, 0.3) is 0 Å². The topological polar surface area (TPSA) is 67.9 Å². The second-order valence-electron chi connectivity index (χ2n) is 7.02. The lowest BCUT2D eigenvalue weighted by molar-refractivity contribution is -0.141. The fourth-order valence-corrected chi connectivity index (χ4v) is 4.14. The summed E-state index contributed by atoms with van der Waals surface area (Å²) in [6.45, 7) is 8.74. The van der Waals surface area contributed by atoms with E-state index < -0.39 is 0 Å². The van der Waals surface area contributed by atoms with Crippen molar-refractivity contribution in [1.82, 2.24) is 15.4 Å². The number of allylic oxidation sites excluding steroid dienone is 2. The van der Waals surface area contributed by atoms with Gasteiger partial charge in [-0.05, 0) is 56.3 Å². The third-order valence-corrected chi connectivity index (χ3v) is 5.50. The number of ether oxygens (including phenoxy) is 1. The third kappa shape index (κ3) is 3.38. The van der Waals surface area contributed by atoms with Crippen molar-refractivity contribution in [2.75, 3.05) is 0 Å². The third-order valence-electron chi connectivity index (χ3n) is 5.50. The van der Waals surface area contributed by atoms with Gasteiger partial charge in [-0.15, -0.1) is 5.10 Å². The Morgan fingerprint density at radius 1 is 1.43 bits per heavy atom. The Hall–Kier alpha value is -1.91. The summed E-state index contributed by atoms with van der Waals surface area (Å²) in [5.74, 6) is 1.72. The molecule has 0 radical (unpaired) electrons. The molecule has 3 rings (SSSR count). The summed E-state index contributed by atoms with van der Waals surface area (Å²) < 4.78 is 5.35. The van der Waals surface area contributed by atoms with E-state index >= 15 is 0 Å². The van der Waals surface area contributed by atoms with Crippen LogP contribution in [0.3, 0.4) is 0 Å². The number of carbonyl (C=O) groups excluding carboxylic acids is 1. The Morgan fingerprint density at radius 2 is 2.26 bits per heavy atom. The van der Waals surface area contributed by atoms with Crippen molar-refractivity contribution in [3.8, 4) is 0 Å². The van der Waals surface area contributed by atoms with E-state index in [1.165, 1.54) is 18.4 Å². The number of nitrogens with zero attached hydrogens (tertiary/aromatic N) is 2. The van der Waals surface area contributed by atoms with E-state index in [1.807, 2.05) is 0 Å². The smallest absolute Gasteiger partial charge is 0.334 e. The molecule has 1 heterocycles. The number of fused-ring (bicyclic) bond motifs is 1. The standard InChI is InChI=1S/C18H25N3O2/c1-11-4-6-15-12(2)5-7-16(17(15)8-11)13(3)18(22)23-10-14-9-19-21-20-14/h8-9,12,15-17H,3-7,10H2,1-2H3,(H,19,20,21)/t12-,15+,16+,17+/m1/s1. The molecule has 0 unspecified atom stereocenters. The molecule has 5 heteroatoms. The minimum absolute atomic E-state index is 0.139. The highest BCUT2D eigenvalue weighted by atomic mass is 16.5. The van der Waals surface area contributed by atoms with Crippen LogP contribution in [0.25, 0.3) is 0 Å². The monoisotopic (exact) mass is 315 g/mol. The molecular formula is C18H25N3O2. The number of nitrogens with one attached hydrogen (secondary N) is 1. The summed E-state index contributed by atoms with van der Waals surface area (Å²) in [5, 5.41) is 10.0. The van der Waals surface area contributed by atoms with E-state index in [2.05, 4.69) is 41.9 Å². The molecule has 23 heavy (non-hydrogen) atoms. The second-order valence-corrected chi connectivity index (χ2v) is 7.02. The first-order chi connectivity index (χ1) is 11.1. The van der Waals surface area contributed by atoms with Gasteiger partial charge in [-0.3, -0.25) is 5.10 Å². The van der Waals surface area contributed by atoms with Crippen LogP contribution >= 0.6 is 0 Å². The first-order valence-electron chi connectivity index (χ1n) is 8.44. The molecule has 0 spiro atoms. The van der Waals surface area contributed by atoms with Gasteiger partial charge in [0.05, 0.1) is 0 Å². The zero-order chi connectivity index (χ0) is 16.4. The van der Waals surface area contributed by atoms with E-state index in [0.29, 0.717) is 23.1 Å². The lowest BCUT2D eigenvalue weighted by Gasteiger charge is -2.43. The number of hydrogen-bond donors (Lipinski definition) is 1. The molecule has 1 N–H and O–H groups in total. The van der Waals surface area contributed by atoms with E-state index in [-0.39, 0.29) is 18.5 Å². The molecule has 5 nitrogen and oxygen atoms in total. The van der Waals surface area contributed by atoms with Crippen LogP contribution in [-0.4, -0.2) is 21.4 Å². The summed E-state index contributed by atoms with van der Waals surface area (Å²) in [6.07, 6.45) is 8.59. The summed E-state index contributed by atoms with van der Waals surface area (Å²) in [5.41, 5.74) is 2.67. The molecular weight excluding hydrogens is 290 g/mol. The Bertz CT molecular complexity index is 606. The maximum atomic E-state index is 12.4. The number of aromatic amines is 1. The molecule has 2 aliphatic carbocycles. The van der Waals surface area contributed by atoms with Crippen LogP contribution in [0.1, 0.15) is 45.2 Å². The van der Waals surface area contributed by atoms with Crippen molar-refractivity contribution in [1.29, 1.82) is 0 Å². The Morgan fingerprint density at radius 3 is 3.00 bits per heavy atom. The van der Waals surface area contributed by atoms with Gasteiger partial charge in [0.1, 0.15) is 12.3 Å². The minimum atomic E-state index is -0.303. The fourth-order valence-electron chi connectivity index (χ4n) is 4.14. The van der Waals surface area contributed by atoms with E-state index in [1.54, 1.807) is 6.20 Å². The van der Waals surface area contributed by atoms with Crippen LogP contribution in [0.4, 0.5) is 0 Å². The molecule has 2 aliphatic rings. The van der Waals surface area contributed by atoms with Crippen LogP contribution < -0.4 is 0 Å². The highest BCUT2D eigenvalue weighted by Crippen LogP contribution is 2.47. The number of rotatable bonds is 4. The summed E-state index contributed by atoms with van der Waals surface area (Å²) in [6, 6.07) is 0. The van der Waals surface area contributed by atoms with Crippen molar-refractivity contribution < 1.29 is 9.53 Å². The van der Waals surface area contributed by atoms with Crippen LogP contribution in [0.15, 0.2) is 30.0 Å². The van der Waals surface area contributed by atoms with Crippen LogP contribution in [0, 0.1) is 23.7 Å². The van der Waals surface area contributed by atoms with Crippen molar-refractivity contribution in [2.45, 2.75) is 46.1 Å². The zero-order valence-corrected chi connectivity index (χ0v) is 13.9. The SMILES string of the molecule is C=C(C(=O)OCc1c[nH]nn1)[C@@H]1CC[C@@H](C)[C@@H]2CCC(C)=C[C@@H]21. The molecule has 0 bridgehead atoms. The lowest BCUT2D eigenvalue weighted by Crippen LogP contribution is -2.36. The fraction of sp³-hybridized carbons (Fsp3) is 0.611. The highest BCUT2D eigenvalue weighted by molar-refractivity contribution is 5.88. The maximum absolute atomic E-state index is 12.4. The molecule has 0 amide bonds. The van der Waals surface area contributed by atoms with Crippen molar-refractivity contribution >= 4 is 5.97 Å². The van der Waals surface area contributed by atoms with Gasteiger partial charge >= 0.3 is 5.97 Å². The molecule has 0 aromatic carbocycles. The summed E-state index contributed by atoms with van der Waals surface area (Å²) in [4.78, 5) is 12.4. The molecule has 4 atom stereocenters. The van der Waals surface area contributed by atoms with Gasteiger partial charge in [-0.1, -0.05) is 30.4 Å². The number of carbonyl (C=O) groups is 1. The van der Waals surface area contributed by atoms with Crippen LogP contribution in [0.2, 0.25) is 0 Å². The lowest BCUT2D eigenvalue weighted by atomic mass is 9.61. The number of esters is 1. The highest BCUT2D eigenvalue weighted by Gasteiger charge is 2.40. The van der Waals surface area contributed by atoms with E-state index in [4.69, 9.17) is 4.74 Å². The second kappa shape index (κ2) is 6.69. The van der Waals surface area contributed by atoms with Gasteiger partial charge in [0.15, 0.2) is 0 Å². The molecule has 1 saturated carbocycles. The van der Waals surface area contributed by atoms with Gasteiger partial charge in [0, 0.05) is 11.8 Å². The van der Waals surface area contributed by atoms with Crippen molar-refractivity contribution in [3.05, 3.63) is 35.7 Å². The predicted molar refractivity (Wildman–Crippen MR) is 87.2 cm³/mol. The quantitative estimate of drug-likeness (QED) is 0.525. The summed E-state index contributed by atoms with van der Waals surface area (Å²) >= 11 is 0. The van der Waals surface area contributed by atoms with E-state index in [0.717, 1.165) is 18.8 Å². The Balaban J connectivity index is 1.67. The molecule has 1 fully saturated rings. The van der Waals surface area contributed by atoms with Gasteiger partial charge in [0.2, 0.25) is 0 Å². The first-order valence-corrected chi connectivity index (χ1v) is 8.44. The largest absolute Gasteiger partial charge is 0.456 e. The molecule has 124 valence electrons. The zero-order valence-electron chi connectivity index (χ0n) is 13.9. The average molecular weight is 315 g/mol. The maximum Gasteiger partial charge on any atom is 0.334 e. The van der Waals surface area contributed by atoms with Crippen molar-refractivity contribution in [2.24, 2.45) is 23.7 Å². The average Bonchev–Trinajstić information content (AvgIpc) is 3.05. The summed E-state index contributed by atoms with van der Waals surface area (Å²) in [7, 11) is 0. The van der Waals surface area contributed by atoms with Gasteiger partial charge in [-0.25, -0.2) is 4.79 Å². The van der Waals surface area contributed by atoms with Gasteiger partial charge < -0.3 is 4.74 Å². The minimum Gasteiger partial charge on any atom is -0.456 e. The van der Waals surface area contributed by atoms with Crippen LogP contribution in [0.5, 0.6) is 0 Å². The number of H-pyrrole nitrogens is 1. The first kappa shape index (κ1) is 16.0. The predicted octanol–water partition coefficient (Wildman–Crippen LogP) is 3.42.